The third-order valence-electron chi connectivity index (χ3n) is 5.22. The van der Waals surface area contributed by atoms with Gasteiger partial charge in [0, 0.05) is 20.2 Å². The highest BCUT2D eigenvalue weighted by Crippen LogP contribution is 2.34. The molecule has 27 heavy (non-hydrogen) atoms. The number of hydrogen-bond donors (Lipinski definition) is 0. The molecule has 3 rings (SSSR count). The van der Waals surface area contributed by atoms with Gasteiger partial charge in [0.1, 0.15) is 11.4 Å². The Morgan fingerprint density at radius 3 is 2.33 bits per heavy atom. The Kier molecular flexibility index (Phi) is 6.16. The van der Waals surface area contributed by atoms with Crippen molar-refractivity contribution < 1.29 is 19.1 Å². The van der Waals surface area contributed by atoms with Gasteiger partial charge in [-0.05, 0) is 43.4 Å². The van der Waals surface area contributed by atoms with E-state index >= 15 is 0 Å². The molecule has 0 aliphatic carbocycles. The van der Waals surface area contributed by atoms with Crippen LogP contribution < -0.4 is 4.74 Å². The number of carbonyl (C=O) groups is 2. The second-order valence-corrected chi connectivity index (χ2v) is 7.11. The minimum Gasteiger partial charge on any atom is -0.494 e. The van der Waals surface area contributed by atoms with Crippen molar-refractivity contribution in [3.8, 4) is 5.75 Å². The van der Waals surface area contributed by atoms with E-state index in [1.807, 2.05) is 31.2 Å². The maximum Gasteiger partial charge on any atom is 0.277 e. The first kappa shape index (κ1) is 19.4. The molecule has 0 saturated carbocycles. The predicted octanol–water partition coefficient (Wildman–Crippen LogP) is 2.54. The van der Waals surface area contributed by atoms with Gasteiger partial charge >= 0.3 is 0 Å². The third kappa shape index (κ3) is 4.00. The van der Waals surface area contributed by atoms with E-state index in [4.69, 9.17) is 9.47 Å². The summed E-state index contributed by atoms with van der Waals surface area (Å²) in [7, 11) is 1.57. The summed E-state index contributed by atoms with van der Waals surface area (Å²) in [4.78, 5) is 29.6. The van der Waals surface area contributed by atoms with Crippen LogP contribution in [-0.2, 0) is 14.3 Å². The van der Waals surface area contributed by atoms with Crippen LogP contribution in [0.1, 0.15) is 32.3 Å². The number of piperidine rings is 1. The SMILES string of the molecule is CCOc1ccc(C2=C(N3CCC(C)CC3)C(=O)N(CCOC)C2=O)cc1. The van der Waals surface area contributed by atoms with E-state index in [-0.39, 0.29) is 18.4 Å². The molecular weight excluding hydrogens is 344 g/mol. The molecule has 2 aliphatic rings. The molecule has 0 bridgehead atoms. The molecule has 1 fully saturated rings. The van der Waals surface area contributed by atoms with Gasteiger partial charge in [-0.25, -0.2) is 0 Å². The van der Waals surface area contributed by atoms with Crippen molar-refractivity contribution in [1.29, 1.82) is 0 Å². The van der Waals surface area contributed by atoms with Crippen LogP contribution >= 0.6 is 0 Å². The molecule has 0 unspecified atom stereocenters. The Balaban J connectivity index is 1.96. The number of benzene rings is 1. The van der Waals surface area contributed by atoms with Crippen molar-refractivity contribution in [3.63, 3.8) is 0 Å². The summed E-state index contributed by atoms with van der Waals surface area (Å²) in [5.74, 6) is 0.945. The number of rotatable bonds is 7. The topological polar surface area (TPSA) is 59.1 Å². The first-order valence-corrected chi connectivity index (χ1v) is 9.64. The van der Waals surface area contributed by atoms with Gasteiger partial charge in [-0.2, -0.15) is 0 Å². The standard InChI is InChI=1S/C21H28N2O4/c1-4-27-17-7-5-16(6-8-17)18-19(22-11-9-15(2)10-12-22)21(25)23(20(18)24)13-14-26-3/h5-8,15H,4,9-14H2,1-3H3. The smallest absolute Gasteiger partial charge is 0.277 e. The van der Waals surface area contributed by atoms with Gasteiger partial charge in [0.05, 0.1) is 25.3 Å². The van der Waals surface area contributed by atoms with Crippen LogP contribution in [0.2, 0.25) is 0 Å². The van der Waals surface area contributed by atoms with Crippen LogP contribution in [-0.4, -0.2) is 61.6 Å². The number of methoxy groups -OCH3 is 1. The van der Waals surface area contributed by atoms with Crippen LogP contribution in [0.25, 0.3) is 5.57 Å². The van der Waals surface area contributed by atoms with Crippen LogP contribution in [0, 0.1) is 5.92 Å². The van der Waals surface area contributed by atoms with Crippen molar-refractivity contribution in [2.75, 3.05) is 40.0 Å². The van der Waals surface area contributed by atoms with Gasteiger partial charge in [-0.1, -0.05) is 19.1 Å². The normalized spacial score (nSPS) is 18.6. The fourth-order valence-electron chi connectivity index (χ4n) is 3.62. The molecule has 0 atom stereocenters. The van der Waals surface area contributed by atoms with Gasteiger partial charge in [0.15, 0.2) is 0 Å². The highest BCUT2D eigenvalue weighted by atomic mass is 16.5. The molecule has 1 saturated heterocycles. The third-order valence-corrected chi connectivity index (χ3v) is 5.22. The van der Waals surface area contributed by atoms with E-state index < -0.39 is 0 Å². The van der Waals surface area contributed by atoms with E-state index in [9.17, 15) is 9.59 Å². The fourth-order valence-corrected chi connectivity index (χ4v) is 3.62. The minimum absolute atomic E-state index is 0.213. The Labute approximate surface area is 160 Å². The molecule has 6 nitrogen and oxygen atoms in total. The summed E-state index contributed by atoms with van der Waals surface area (Å²) in [6.07, 6.45) is 2.05. The zero-order chi connectivity index (χ0) is 19.4. The highest BCUT2D eigenvalue weighted by Gasteiger charge is 2.41. The predicted molar refractivity (Wildman–Crippen MR) is 103 cm³/mol. The lowest BCUT2D eigenvalue weighted by Crippen LogP contribution is -2.39. The lowest BCUT2D eigenvalue weighted by atomic mass is 9.97. The van der Waals surface area contributed by atoms with Crippen molar-refractivity contribution in [2.24, 2.45) is 5.92 Å². The Bertz CT molecular complexity index is 718. The van der Waals surface area contributed by atoms with Crippen LogP contribution in [0.4, 0.5) is 0 Å². The van der Waals surface area contributed by atoms with Crippen LogP contribution in [0.5, 0.6) is 5.75 Å². The van der Waals surface area contributed by atoms with Crippen LogP contribution in [0.3, 0.4) is 0 Å². The van der Waals surface area contributed by atoms with Gasteiger partial charge in [-0.3, -0.25) is 14.5 Å². The van der Waals surface area contributed by atoms with Gasteiger partial charge < -0.3 is 14.4 Å². The summed E-state index contributed by atoms with van der Waals surface area (Å²) in [5.41, 5.74) is 1.78. The van der Waals surface area contributed by atoms with E-state index in [0.29, 0.717) is 30.4 Å². The lowest BCUT2D eigenvalue weighted by Gasteiger charge is -2.32. The maximum atomic E-state index is 13.1. The Hall–Kier alpha value is -2.34. The van der Waals surface area contributed by atoms with Crippen molar-refractivity contribution in [2.45, 2.75) is 26.7 Å². The molecular formula is C21H28N2O4. The number of imide groups is 1. The number of likely N-dealkylation sites (tertiary alicyclic amines) is 1. The largest absolute Gasteiger partial charge is 0.494 e. The highest BCUT2D eigenvalue weighted by molar-refractivity contribution is 6.35. The van der Waals surface area contributed by atoms with Gasteiger partial charge in [0.25, 0.3) is 11.8 Å². The summed E-state index contributed by atoms with van der Waals surface area (Å²) >= 11 is 0. The molecule has 0 aromatic heterocycles. The molecule has 6 heteroatoms. The van der Waals surface area contributed by atoms with Crippen molar-refractivity contribution in [3.05, 3.63) is 35.5 Å². The van der Waals surface area contributed by atoms with E-state index in [2.05, 4.69) is 11.8 Å². The number of amides is 2. The Morgan fingerprint density at radius 1 is 1.07 bits per heavy atom. The lowest BCUT2D eigenvalue weighted by molar-refractivity contribution is -0.138. The molecule has 2 amide bonds. The Morgan fingerprint density at radius 2 is 1.74 bits per heavy atom. The molecule has 146 valence electrons. The summed E-state index contributed by atoms with van der Waals surface area (Å²) in [6, 6.07) is 7.41. The molecule has 1 aromatic carbocycles. The minimum atomic E-state index is -0.241. The monoisotopic (exact) mass is 372 g/mol. The molecule has 2 aliphatic heterocycles. The van der Waals surface area contributed by atoms with Gasteiger partial charge in [-0.15, -0.1) is 0 Å². The van der Waals surface area contributed by atoms with Crippen LogP contribution in [0.15, 0.2) is 30.0 Å². The van der Waals surface area contributed by atoms with E-state index in [1.54, 1.807) is 7.11 Å². The first-order valence-electron chi connectivity index (χ1n) is 9.64. The zero-order valence-electron chi connectivity index (χ0n) is 16.4. The fraction of sp³-hybridized carbons (Fsp3) is 0.524. The number of ether oxygens (including phenoxy) is 2. The maximum absolute atomic E-state index is 13.1. The second kappa shape index (κ2) is 8.57. The summed E-state index contributed by atoms with van der Waals surface area (Å²) in [6.45, 7) is 6.94. The molecule has 0 spiro atoms. The van der Waals surface area contributed by atoms with Crippen molar-refractivity contribution >= 4 is 17.4 Å². The average molecular weight is 372 g/mol. The molecule has 0 radical (unpaired) electrons. The quantitative estimate of drug-likeness (QED) is 0.689. The summed E-state index contributed by atoms with van der Waals surface area (Å²) < 4.78 is 10.6. The number of carbonyl (C=O) groups excluding carboxylic acids is 2. The van der Waals surface area contributed by atoms with E-state index in [1.165, 1.54) is 4.90 Å². The number of nitrogens with zero attached hydrogens (tertiary/aromatic N) is 2. The second-order valence-electron chi connectivity index (χ2n) is 7.11. The number of hydrogen-bond acceptors (Lipinski definition) is 5. The van der Waals surface area contributed by atoms with E-state index in [0.717, 1.165) is 37.2 Å². The summed E-state index contributed by atoms with van der Waals surface area (Å²) in [5, 5.41) is 0. The van der Waals surface area contributed by atoms with Gasteiger partial charge in [0.2, 0.25) is 0 Å². The van der Waals surface area contributed by atoms with Crippen molar-refractivity contribution in [1.82, 2.24) is 9.80 Å². The molecule has 1 aromatic rings. The molecule has 2 heterocycles. The average Bonchev–Trinajstić information content (AvgIpc) is 2.92. The zero-order valence-corrected chi connectivity index (χ0v) is 16.4. The molecule has 0 N–H and O–H groups in total. The first-order chi connectivity index (χ1) is 13.1.